The molecule has 96 valence electrons. The topological polar surface area (TPSA) is 33.2 Å². The molecule has 0 N–H and O–H groups in total. The van der Waals surface area contributed by atoms with Gasteiger partial charge in [0, 0.05) is 16.8 Å². The lowest BCUT2D eigenvalue weighted by Gasteiger charge is -2.13. The minimum atomic E-state index is 0.192. The number of aromatic nitrogens is 1. The molecule has 0 aliphatic heterocycles. The van der Waals surface area contributed by atoms with E-state index in [1.165, 1.54) is 4.88 Å². The second kappa shape index (κ2) is 6.22. The zero-order valence-corrected chi connectivity index (χ0v) is 12.2. The van der Waals surface area contributed by atoms with Crippen LogP contribution in [0.15, 0.2) is 23.0 Å². The Bertz CT molecular complexity index is 505. The van der Waals surface area contributed by atoms with Crippen molar-refractivity contribution in [2.75, 3.05) is 13.6 Å². The van der Waals surface area contributed by atoms with Gasteiger partial charge in [0.1, 0.15) is 0 Å². The zero-order chi connectivity index (χ0) is 13.0. The van der Waals surface area contributed by atoms with Gasteiger partial charge in [-0.1, -0.05) is 6.92 Å². The summed E-state index contributed by atoms with van der Waals surface area (Å²) in [6, 6.07) is 3.97. The number of carbonyl (C=O) groups excluding carboxylic acids is 1. The van der Waals surface area contributed by atoms with Crippen LogP contribution in [0.4, 0.5) is 0 Å². The van der Waals surface area contributed by atoms with Crippen LogP contribution in [0.2, 0.25) is 0 Å². The molecule has 5 heteroatoms. The first-order chi connectivity index (χ1) is 8.69. The third-order valence-corrected chi connectivity index (χ3v) is 4.52. The second-order valence-electron chi connectivity index (χ2n) is 4.19. The average molecular weight is 280 g/mol. The molecule has 2 heterocycles. The Morgan fingerprint density at radius 2 is 2.28 bits per heavy atom. The highest BCUT2D eigenvalue weighted by Crippen LogP contribution is 2.18. The van der Waals surface area contributed by atoms with Crippen molar-refractivity contribution in [3.05, 3.63) is 38.5 Å². The minimum absolute atomic E-state index is 0.192. The standard InChI is InChI=1S/C13H16N2OS2/c1-3-11-4-5-13(18-11)12(16)7-15(2)6-10-8-17-9-14-10/h4-5,8-9H,3,6-7H2,1-2H3. The van der Waals surface area contributed by atoms with Gasteiger partial charge in [-0.15, -0.1) is 22.7 Å². The van der Waals surface area contributed by atoms with Crippen LogP contribution in [0.5, 0.6) is 0 Å². The van der Waals surface area contributed by atoms with Gasteiger partial charge in [-0.05, 0) is 25.6 Å². The number of nitrogens with zero attached hydrogens (tertiary/aromatic N) is 2. The highest BCUT2D eigenvalue weighted by molar-refractivity contribution is 7.14. The molecule has 0 unspecified atom stereocenters. The van der Waals surface area contributed by atoms with Crippen LogP contribution in [-0.2, 0) is 13.0 Å². The summed E-state index contributed by atoms with van der Waals surface area (Å²) in [5.74, 6) is 0.192. The van der Waals surface area contributed by atoms with E-state index in [-0.39, 0.29) is 5.78 Å². The maximum absolute atomic E-state index is 12.1. The van der Waals surface area contributed by atoms with E-state index in [9.17, 15) is 4.79 Å². The normalized spacial score (nSPS) is 11.1. The molecule has 2 aromatic heterocycles. The first kappa shape index (κ1) is 13.4. The Balaban J connectivity index is 1.90. The Kier molecular flexibility index (Phi) is 4.63. The van der Waals surface area contributed by atoms with E-state index in [4.69, 9.17) is 0 Å². The molecule has 2 aromatic rings. The van der Waals surface area contributed by atoms with E-state index >= 15 is 0 Å². The second-order valence-corrected chi connectivity index (χ2v) is 6.08. The van der Waals surface area contributed by atoms with Gasteiger partial charge in [0.25, 0.3) is 0 Å². The summed E-state index contributed by atoms with van der Waals surface area (Å²) in [7, 11) is 1.95. The number of thiophene rings is 1. The molecular weight excluding hydrogens is 264 g/mol. The Morgan fingerprint density at radius 3 is 2.89 bits per heavy atom. The smallest absolute Gasteiger partial charge is 0.186 e. The fourth-order valence-corrected chi connectivity index (χ4v) is 3.12. The first-order valence-corrected chi connectivity index (χ1v) is 7.62. The Hall–Kier alpha value is -1.04. The predicted octanol–water partition coefficient (Wildman–Crippen LogP) is 3.08. The Morgan fingerprint density at radius 1 is 1.44 bits per heavy atom. The van der Waals surface area contributed by atoms with Crippen molar-refractivity contribution >= 4 is 28.5 Å². The monoisotopic (exact) mass is 280 g/mol. The van der Waals surface area contributed by atoms with E-state index in [1.807, 2.05) is 35.0 Å². The summed E-state index contributed by atoms with van der Waals surface area (Å²) in [5, 5.41) is 2.02. The van der Waals surface area contributed by atoms with Crippen LogP contribution in [0.25, 0.3) is 0 Å². The summed E-state index contributed by atoms with van der Waals surface area (Å²) in [5.41, 5.74) is 2.84. The number of carbonyl (C=O) groups is 1. The molecule has 0 aromatic carbocycles. The molecule has 0 amide bonds. The van der Waals surface area contributed by atoms with Crippen molar-refractivity contribution in [1.82, 2.24) is 9.88 Å². The van der Waals surface area contributed by atoms with Gasteiger partial charge in [-0.3, -0.25) is 9.69 Å². The molecular formula is C13H16N2OS2. The van der Waals surface area contributed by atoms with Gasteiger partial charge < -0.3 is 0 Å². The summed E-state index contributed by atoms with van der Waals surface area (Å²) >= 11 is 3.18. The van der Waals surface area contributed by atoms with E-state index in [1.54, 1.807) is 22.7 Å². The van der Waals surface area contributed by atoms with Crippen LogP contribution >= 0.6 is 22.7 Å². The maximum Gasteiger partial charge on any atom is 0.186 e. The first-order valence-electron chi connectivity index (χ1n) is 5.86. The van der Waals surface area contributed by atoms with E-state index in [0.29, 0.717) is 6.54 Å². The number of likely N-dealkylation sites (N-methyl/N-ethyl adjacent to an activating group) is 1. The third kappa shape index (κ3) is 3.48. The SMILES string of the molecule is CCc1ccc(C(=O)CN(C)Cc2cscn2)s1. The molecule has 2 rings (SSSR count). The van der Waals surface area contributed by atoms with Gasteiger partial charge in [0.05, 0.1) is 22.6 Å². The summed E-state index contributed by atoms with van der Waals surface area (Å²) in [6.07, 6.45) is 0.993. The molecule has 0 fully saturated rings. The fraction of sp³-hybridized carbons (Fsp3) is 0.385. The van der Waals surface area contributed by atoms with Crippen LogP contribution < -0.4 is 0 Å². The largest absolute Gasteiger partial charge is 0.293 e. The summed E-state index contributed by atoms with van der Waals surface area (Å²) in [4.78, 5) is 20.4. The van der Waals surface area contributed by atoms with Crippen molar-refractivity contribution in [2.24, 2.45) is 0 Å². The highest BCUT2D eigenvalue weighted by Gasteiger charge is 2.12. The highest BCUT2D eigenvalue weighted by atomic mass is 32.1. The number of Topliss-reactive ketones (excluding diaryl/α,β-unsaturated/α-hetero) is 1. The molecule has 0 spiro atoms. The van der Waals surface area contributed by atoms with Gasteiger partial charge in [-0.2, -0.15) is 0 Å². The van der Waals surface area contributed by atoms with Crippen molar-refractivity contribution in [3.8, 4) is 0 Å². The van der Waals surface area contributed by atoms with Gasteiger partial charge in [-0.25, -0.2) is 4.98 Å². The molecule has 0 radical (unpaired) electrons. The van der Waals surface area contributed by atoms with Crippen molar-refractivity contribution in [2.45, 2.75) is 19.9 Å². The van der Waals surface area contributed by atoms with E-state index < -0.39 is 0 Å². The van der Waals surface area contributed by atoms with Gasteiger partial charge in [0.2, 0.25) is 0 Å². The van der Waals surface area contributed by atoms with Crippen LogP contribution in [0.3, 0.4) is 0 Å². The minimum Gasteiger partial charge on any atom is -0.293 e. The van der Waals surface area contributed by atoms with Crippen molar-refractivity contribution in [3.63, 3.8) is 0 Å². The quantitative estimate of drug-likeness (QED) is 0.762. The number of aryl methyl sites for hydroxylation is 1. The fourth-order valence-electron chi connectivity index (χ4n) is 1.69. The predicted molar refractivity (Wildman–Crippen MR) is 76.5 cm³/mol. The lowest BCUT2D eigenvalue weighted by atomic mass is 10.3. The van der Waals surface area contributed by atoms with Gasteiger partial charge in [0.15, 0.2) is 5.78 Å². The molecule has 3 nitrogen and oxygen atoms in total. The van der Waals surface area contributed by atoms with E-state index in [0.717, 1.165) is 23.5 Å². The Labute approximate surface area is 115 Å². The molecule has 0 saturated heterocycles. The van der Waals surface area contributed by atoms with Crippen LogP contribution in [0, 0.1) is 0 Å². The van der Waals surface area contributed by atoms with E-state index in [2.05, 4.69) is 11.9 Å². The number of rotatable bonds is 6. The summed E-state index contributed by atoms with van der Waals surface area (Å²) in [6.45, 7) is 3.27. The van der Waals surface area contributed by atoms with Crippen LogP contribution in [0.1, 0.15) is 27.2 Å². The van der Waals surface area contributed by atoms with Crippen LogP contribution in [-0.4, -0.2) is 29.3 Å². The van der Waals surface area contributed by atoms with Crippen molar-refractivity contribution in [1.29, 1.82) is 0 Å². The molecule has 0 aliphatic rings. The van der Waals surface area contributed by atoms with Gasteiger partial charge >= 0.3 is 0 Å². The lowest BCUT2D eigenvalue weighted by molar-refractivity contribution is 0.0946. The molecule has 0 atom stereocenters. The molecule has 0 aliphatic carbocycles. The lowest BCUT2D eigenvalue weighted by Crippen LogP contribution is -2.25. The van der Waals surface area contributed by atoms with Crippen molar-refractivity contribution < 1.29 is 4.79 Å². The number of thiazole rings is 1. The maximum atomic E-state index is 12.1. The zero-order valence-electron chi connectivity index (χ0n) is 10.5. The number of hydrogen-bond acceptors (Lipinski definition) is 5. The summed E-state index contributed by atoms with van der Waals surface area (Å²) < 4.78 is 0. The molecule has 0 bridgehead atoms. The third-order valence-electron chi connectivity index (χ3n) is 2.61. The average Bonchev–Trinajstić information content (AvgIpc) is 2.98. The molecule has 18 heavy (non-hydrogen) atoms. The molecule has 0 saturated carbocycles. The number of ketones is 1. The number of hydrogen-bond donors (Lipinski definition) is 0.